The molecule has 0 atom stereocenters. The molecular weight excluding hydrogens is 166 g/mol. The maximum Gasteiger partial charge on any atom is 0.222 e. The van der Waals surface area contributed by atoms with Gasteiger partial charge in [-0.15, -0.1) is 0 Å². The second-order valence-corrected chi connectivity index (χ2v) is 4.73. The summed E-state index contributed by atoms with van der Waals surface area (Å²) in [4.78, 5) is 0. The highest BCUT2D eigenvalue weighted by atomic mass is 16.5. The van der Waals surface area contributed by atoms with E-state index in [-0.39, 0.29) is 5.41 Å². The Hall–Kier alpha value is -0.120. The van der Waals surface area contributed by atoms with E-state index in [4.69, 9.17) is 0 Å². The quantitative estimate of drug-likeness (QED) is 0.493. The number of nitrogens with one attached hydrogen (secondary N) is 1. The minimum Gasteiger partial charge on any atom is -0.353 e. The van der Waals surface area contributed by atoms with Crippen LogP contribution in [0.1, 0.15) is 44.9 Å². The molecule has 13 heavy (non-hydrogen) atoms. The standard InChI is InChI=1S/C10H19NO2/c12-10(13)8-9(6-7-11-10)4-2-1-3-5-9/h11-13H,1-8H2. The summed E-state index contributed by atoms with van der Waals surface area (Å²) >= 11 is 0. The van der Waals surface area contributed by atoms with Gasteiger partial charge in [0.2, 0.25) is 5.91 Å². The Morgan fingerprint density at radius 2 is 1.62 bits per heavy atom. The van der Waals surface area contributed by atoms with Crippen molar-refractivity contribution in [1.82, 2.24) is 5.32 Å². The molecule has 2 rings (SSSR count). The Labute approximate surface area is 79.2 Å². The van der Waals surface area contributed by atoms with E-state index in [9.17, 15) is 10.2 Å². The van der Waals surface area contributed by atoms with Crippen molar-refractivity contribution in [2.75, 3.05) is 6.54 Å². The third-order valence-electron chi connectivity index (χ3n) is 3.60. The first-order chi connectivity index (χ1) is 6.12. The van der Waals surface area contributed by atoms with Crippen LogP contribution in [-0.4, -0.2) is 22.7 Å². The van der Waals surface area contributed by atoms with Crippen LogP contribution in [0.25, 0.3) is 0 Å². The summed E-state index contributed by atoms with van der Waals surface area (Å²) in [6.07, 6.45) is 7.82. The predicted octanol–water partition coefficient (Wildman–Crippen LogP) is 0.959. The van der Waals surface area contributed by atoms with Gasteiger partial charge in [0.1, 0.15) is 0 Å². The molecule has 0 bridgehead atoms. The summed E-state index contributed by atoms with van der Waals surface area (Å²) in [5.74, 6) is -1.60. The van der Waals surface area contributed by atoms with Crippen LogP contribution in [0.4, 0.5) is 0 Å². The topological polar surface area (TPSA) is 52.5 Å². The van der Waals surface area contributed by atoms with Crippen LogP contribution >= 0.6 is 0 Å². The van der Waals surface area contributed by atoms with Crippen LogP contribution in [-0.2, 0) is 0 Å². The summed E-state index contributed by atoms with van der Waals surface area (Å²) < 4.78 is 0. The smallest absolute Gasteiger partial charge is 0.222 e. The lowest BCUT2D eigenvalue weighted by molar-refractivity contribution is -0.226. The minimum atomic E-state index is -1.60. The average Bonchev–Trinajstić information content (AvgIpc) is 2.03. The first kappa shape index (κ1) is 9.44. The molecule has 0 aromatic heterocycles. The van der Waals surface area contributed by atoms with Gasteiger partial charge in [0.05, 0.1) is 0 Å². The first-order valence-electron chi connectivity index (χ1n) is 5.32. The molecule has 76 valence electrons. The second kappa shape index (κ2) is 3.23. The molecule has 1 saturated carbocycles. The molecule has 0 radical (unpaired) electrons. The zero-order valence-electron chi connectivity index (χ0n) is 8.05. The lowest BCUT2D eigenvalue weighted by Gasteiger charge is -2.45. The second-order valence-electron chi connectivity index (χ2n) is 4.73. The molecule has 1 heterocycles. The van der Waals surface area contributed by atoms with E-state index in [1.165, 1.54) is 32.1 Å². The molecule has 3 N–H and O–H groups in total. The van der Waals surface area contributed by atoms with E-state index in [1.54, 1.807) is 0 Å². The van der Waals surface area contributed by atoms with Gasteiger partial charge in [-0.2, -0.15) is 0 Å². The van der Waals surface area contributed by atoms with Gasteiger partial charge in [-0.1, -0.05) is 19.3 Å². The maximum absolute atomic E-state index is 9.54. The lowest BCUT2D eigenvalue weighted by Crippen LogP contribution is -2.55. The molecule has 0 aromatic rings. The van der Waals surface area contributed by atoms with Crippen molar-refractivity contribution in [3.63, 3.8) is 0 Å². The van der Waals surface area contributed by atoms with Gasteiger partial charge in [-0.25, -0.2) is 0 Å². The van der Waals surface area contributed by atoms with Crippen LogP contribution in [0, 0.1) is 5.41 Å². The minimum absolute atomic E-state index is 0.229. The molecule has 2 fully saturated rings. The summed E-state index contributed by atoms with van der Waals surface area (Å²) in [6, 6.07) is 0. The first-order valence-corrected chi connectivity index (χ1v) is 5.32. The van der Waals surface area contributed by atoms with Gasteiger partial charge in [0.15, 0.2) is 0 Å². The fourth-order valence-corrected chi connectivity index (χ4v) is 2.93. The largest absolute Gasteiger partial charge is 0.353 e. The lowest BCUT2D eigenvalue weighted by atomic mass is 9.67. The van der Waals surface area contributed by atoms with Crippen LogP contribution in [0.2, 0.25) is 0 Å². The van der Waals surface area contributed by atoms with Gasteiger partial charge in [0, 0.05) is 13.0 Å². The van der Waals surface area contributed by atoms with E-state index in [0.29, 0.717) is 6.42 Å². The Balaban J connectivity index is 2.04. The molecule has 2 aliphatic rings. The highest BCUT2D eigenvalue weighted by Crippen LogP contribution is 2.45. The monoisotopic (exact) mass is 185 g/mol. The van der Waals surface area contributed by atoms with E-state index >= 15 is 0 Å². The van der Waals surface area contributed by atoms with Crippen LogP contribution in [0.5, 0.6) is 0 Å². The Kier molecular flexibility index (Phi) is 2.34. The molecule has 1 spiro atoms. The molecular formula is C10H19NO2. The van der Waals surface area contributed by atoms with E-state index in [1.807, 2.05) is 0 Å². The fraction of sp³-hybridized carbons (Fsp3) is 1.00. The number of rotatable bonds is 0. The number of aliphatic hydroxyl groups is 2. The van der Waals surface area contributed by atoms with Crippen molar-refractivity contribution in [3.05, 3.63) is 0 Å². The summed E-state index contributed by atoms with van der Waals surface area (Å²) in [6.45, 7) is 0.743. The zero-order valence-corrected chi connectivity index (χ0v) is 8.05. The van der Waals surface area contributed by atoms with Gasteiger partial charge in [-0.05, 0) is 24.7 Å². The van der Waals surface area contributed by atoms with Crippen LogP contribution in [0.3, 0.4) is 0 Å². The van der Waals surface area contributed by atoms with E-state index in [0.717, 1.165) is 13.0 Å². The van der Waals surface area contributed by atoms with Crippen molar-refractivity contribution in [2.24, 2.45) is 5.41 Å². The zero-order chi connectivity index (χ0) is 9.36. The van der Waals surface area contributed by atoms with Gasteiger partial charge in [0.25, 0.3) is 0 Å². The Morgan fingerprint density at radius 3 is 2.23 bits per heavy atom. The molecule has 3 heteroatoms. The normalized spacial score (nSPS) is 31.8. The molecule has 0 aromatic carbocycles. The molecule has 1 aliphatic heterocycles. The Morgan fingerprint density at radius 1 is 0.923 bits per heavy atom. The predicted molar refractivity (Wildman–Crippen MR) is 49.9 cm³/mol. The number of piperidine rings is 1. The van der Waals surface area contributed by atoms with Gasteiger partial charge >= 0.3 is 0 Å². The maximum atomic E-state index is 9.54. The molecule has 1 saturated heterocycles. The SMILES string of the molecule is OC1(O)CC2(CCCCC2)CCN1. The third-order valence-corrected chi connectivity index (χ3v) is 3.60. The summed E-state index contributed by atoms with van der Waals surface area (Å²) in [7, 11) is 0. The molecule has 0 amide bonds. The number of hydrogen-bond acceptors (Lipinski definition) is 3. The molecule has 3 nitrogen and oxygen atoms in total. The van der Waals surface area contributed by atoms with Crippen molar-refractivity contribution in [1.29, 1.82) is 0 Å². The van der Waals surface area contributed by atoms with Crippen LogP contribution in [0.15, 0.2) is 0 Å². The van der Waals surface area contributed by atoms with Crippen LogP contribution < -0.4 is 5.32 Å². The van der Waals surface area contributed by atoms with Crippen molar-refractivity contribution in [3.8, 4) is 0 Å². The van der Waals surface area contributed by atoms with Crippen molar-refractivity contribution in [2.45, 2.75) is 50.9 Å². The summed E-state index contributed by atoms with van der Waals surface area (Å²) in [5, 5.41) is 21.8. The average molecular weight is 185 g/mol. The third kappa shape index (κ3) is 2.03. The Bertz CT molecular complexity index is 180. The van der Waals surface area contributed by atoms with E-state index < -0.39 is 5.91 Å². The van der Waals surface area contributed by atoms with Gasteiger partial charge in [-0.3, -0.25) is 5.32 Å². The molecule has 1 aliphatic carbocycles. The van der Waals surface area contributed by atoms with Gasteiger partial charge < -0.3 is 10.2 Å². The highest BCUT2D eigenvalue weighted by Gasteiger charge is 2.42. The fourth-order valence-electron chi connectivity index (χ4n) is 2.93. The highest BCUT2D eigenvalue weighted by molar-refractivity contribution is 4.90. The van der Waals surface area contributed by atoms with Crippen molar-refractivity contribution >= 4 is 0 Å². The van der Waals surface area contributed by atoms with E-state index in [2.05, 4.69) is 5.32 Å². The summed E-state index contributed by atoms with van der Waals surface area (Å²) in [5.41, 5.74) is 0.229. The molecule has 0 unspecified atom stereocenters. The number of hydrogen-bond donors (Lipinski definition) is 3. The van der Waals surface area contributed by atoms with Crippen molar-refractivity contribution < 1.29 is 10.2 Å².